The number of rotatable bonds is 3. The standard InChI is InChI=1S/C12H15NO5S/c1-9-8-13(6-7-18-9)19(16,17)11-5-3-2-4-10(11)12(14)15/h2-5,9H,6-8H2,1H3,(H,14,15). The molecule has 1 aromatic carbocycles. The molecule has 0 aliphatic carbocycles. The van der Waals surface area contributed by atoms with Gasteiger partial charge >= 0.3 is 5.97 Å². The second-order valence-electron chi connectivity index (χ2n) is 4.35. The van der Waals surface area contributed by atoms with E-state index in [1.54, 1.807) is 6.92 Å². The summed E-state index contributed by atoms with van der Waals surface area (Å²) in [5, 5.41) is 9.07. The Balaban J connectivity index is 2.42. The van der Waals surface area contributed by atoms with Crippen LogP contribution in [0.25, 0.3) is 0 Å². The molecule has 2 rings (SSSR count). The molecule has 0 bridgehead atoms. The molecule has 1 heterocycles. The van der Waals surface area contributed by atoms with Gasteiger partial charge in [-0.2, -0.15) is 4.31 Å². The van der Waals surface area contributed by atoms with Gasteiger partial charge in [0.15, 0.2) is 0 Å². The maximum atomic E-state index is 12.5. The first kappa shape index (κ1) is 14.0. The Kier molecular flexibility index (Phi) is 3.88. The summed E-state index contributed by atoms with van der Waals surface area (Å²) in [7, 11) is -3.80. The SMILES string of the molecule is CC1CN(S(=O)(=O)c2ccccc2C(=O)O)CCO1. The monoisotopic (exact) mass is 285 g/mol. The average molecular weight is 285 g/mol. The zero-order chi connectivity index (χ0) is 14.0. The largest absolute Gasteiger partial charge is 0.478 e. The third kappa shape index (κ3) is 2.78. The van der Waals surface area contributed by atoms with Gasteiger partial charge in [-0.25, -0.2) is 13.2 Å². The third-order valence-corrected chi connectivity index (χ3v) is 4.86. The van der Waals surface area contributed by atoms with Gasteiger partial charge in [-0.15, -0.1) is 0 Å². The molecule has 0 amide bonds. The summed E-state index contributed by atoms with van der Waals surface area (Å²) >= 11 is 0. The van der Waals surface area contributed by atoms with Crippen LogP contribution in [0.3, 0.4) is 0 Å². The van der Waals surface area contributed by atoms with Crippen LogP contribution in [0.1, 0.15) is 17.3 Å². The highest BCUT2D eigenvalue weighted by Crippen LogP contribution is 2.22. The molecule has 7 heteroatoms. The van der Waals surface area contributed by atoms with Crippen LogP contribution >= 0.6 is 0 Å². The normalized spacial score (nSPS) is 21.2. The molecule has 1 aromatic rings. The van der Waals surface area contributed by atoms with E-state index in [0.29, 0.717) is 6.61 Å². The van der Waals surface area contributed by atoms with Crippen molar-refractivity contribution < 1.29 is 23.1 Å². The zero-order valence-corrected chi connectivity index (χ0v) is 11.3. The van der Waals surface area contributed by atoms with Gasteiger partial charge in [0.1, 0.15) is 0 Å². The number of carbonyl (C=O) groups is 1. The van der Waals surface area contributed by atoms with Crippen LogP contribution in [-0.2, 0) is 14.8 Å². The van der Waals surface area contributed by atoms with Crippen LogP contribution in [0.4, 0.5) is 0 Å². The minimum Gasteiger partial charge on any atom is -0.478 e. The summed E-state index contributed by atoms with van der Waals surface area (Å²) in [6, 6.07) is 5.63. The summed E-state index contributed by atoms with van der Waals surface area (Å²) in [6.07, 6.45) is -0.194. The number of benzene rings is 1. The van der Waals surface area contributed by atoms with Gasteiger partial charge < -0.3 is 9.84 Å². The van der Waals surface area contributed by atoms with Crippen molar-refractivity contribution in [2.24, 2.45) is 0 Å². The molecule has 6 nitrogen and oxygen atoms in total. The van der Waals surface area contributed by atoms with Crippen LogP contribution in [0.5, 0.6) is 0 Å². The molecular formula is C12H15NO5S. The minimum absolute atomic E-state index is 0.170. The van der Waals surface area contributed by atoms with E-state index < -0.39 is 16.0 Å². The molecule has 104 valence electrons. The van der Waals surface area contributed by atoms with E-state index >= 15 is 0 Å². The molecule has 19 heavy (non-hydrogen) atoms. The van der Waals surface area contributed by atoms with Crippen molar-refractivity contribution in [2.45, 2.75) is 17.9 Å². The maximum absolute atomic E-state index is 12.5. The summed E-state index contributed by atoms with van der Waals surface area (Å²) in [6.45, 7) is 2.57. The van der Waals surface area contributed by atoms with Gasteiger partial charge in [-0.1, -0.05) is 12.1 Å². The van der Waals surface area contributed by atoms with Crippen molar-refractivity contribution in [3.8, 4) is 0 Å². The quantitative estimate of drug-likeness (QED) is 0.887. The molecule has 1 unspecified atom stereocenters. The summed E-state index contributed by atoms with van der Waals surface area (Å²) in [5.41, 5.74) is -0.207. The van der Waals surface area contributed by atoms with Gasteiger partial charge in [0.05, 0.1) is 23.2 Å². The molecule has 1 atom stereocenters. The van der Waals surface area contributed by atoms with E-state index in [2.05, 4.69) is 0 Å². The molecular weight excluding hydrogens is 270 g/mol. The van der Waals surface area contributed by atoms with Crippen LogP contribution in [0.15, 0.2) is 29.2 Å². The topological polar surface area (TPSA) is 83.9 Å². The van der Waals surface area contributed by atoms with Crippen LogP contribution in [0.2, 0.25) is 0 Å². The van der Waals surface area contributed by atoms with Gasteiger partial charge in [0, 0.05) is 13.1 Å². The van der Waals surface area contributed by atoms with Gasteiger partial charge in [0.2, 0.25) is 10.0 Å². The molecule has 0 spiro atoms. The Labute approximate surface area is 111 Å². The Morgan fingerprint density at radius 3 is 2.74 bits per heavy atom. The second-order valence-corrected chi connectivity index (χ2v) is 6.25. The predicted octanol–water partition coefficient (Wildman–Crippen LogP) is 0.794. The summed E-state index contributed by atoms with van der Waals surface area (Å²) < 4.78 is 31.5. The number of ether oxygens (including phenoxy) is 1. The highest BCUT2D eigenvalue weighted by atomic mass is 32.2. The van der Waals surface area contributed by atoms with Gasteiger partial charge in [0.25, 0.3) is 0 Å². The lowest BCUT2D eigenvalue weighted by molar-refractivity contribution is 0.0101. The molecule has 0 radical (unpaired) electrons. The smallest absolute Gasteiger partial charge is 0.337 e. The van der Waals surface area contributed by atoms with Crippen molar-refractivity contribution in [2.75, 3.05) is 19.7 Å². The predicted molar refractivity (Wildman–Crippen MR) is 67.6 cm³/mol. The lowest BCUT2D eigenvalue weighted by atomic mass is 10.2. The van der Waals surface area contributed by atoms with Crippen molar-refractivity contribution in [3.05, 3.63) is 29.8 Å². The molecule has 1 aliphatic rings. The Hall–Kier alpha value is -1.44. The summed E-state index contributed by atoms with van der Waals surface area (Å²) in [5.74, 6) is -1.25. The Morgan fingerprint density at radius 1 is 1.42 bits per heavy atom. The zero-order valence-electron chi connectivity index (χ0n) is 10.4. The van der Waals surface area contributed by atoms with E-state index in [4.69, 9.17) is 9.84 Å². The summed E-state index contributed by atoms with van der Waals surface area (Å²) in [4.78, 5) is 10.9. The number of hydrogen-bond acceptors (Lipinski definition) is 4. The highest BCUT2D eigenvalue weighted by molar-refractivity contribution is 7.89. The fourth-order valence-electron chi connectivity index (χ4n) is 2.01. The third-order valence-electron chi connectivity index (χ3n) is 2.94. The number of carboxylic acid groups (broad SMARTS) is 1. The van der Waals surface area contributed by atoms with Gasteiger partial charge in [-0.05, 0) is 19.1 Å². The number of aromatic carboxylic acids is 1. The first-order valence-corrected chi connectivity index (χ1v) is 7.31. The first-order chi connectivity index (χ1) is 8.93. The number of morpholine rings is 1. The number of hydrogen-bond donors (Lipinski definition) is 1. The van der Waals surface area contributed by atoms with Crippen LogP contribution < -0.4 is 0 Å². The van der Waals surface area contributed by atoms with Crippen molar-refractivity contribution in [3.63, 3.8) is 0 Å². The molecule has 1 aliphatic heterocycles. The van der Waals surface area contributed by atoms with Crippen LogP contribution in [0, 0.1) is 0 Å². The lowest BCUT2D eigenvalue weighted by Crippen LogP contribution is -2.44. The van der Waals surface area contributed by atoms with E-state index in [1.165, 1.54) is 28.6 Å². The van der Waals surface area contributed by atoms with E-state index in [0.717, 1.165) is 0 Å². The molecule has 1 saturated heterocycles. The van der Waals surface area contributed by atoms with Crippen molar-refractivity contribution >= 4 is 16.0 Å². The fourth-order valence-corrected chi connectivity index (χ4v) is 3.70. The molecule has 0 saturated carbocycles. The van der Waals surface area contributed by atoms with E-state index in [-0.39, 0.29) is 29.7 Å². The first-order valence-electron chi connectivity index (χ1n) is 5.87. The molecule has 0 aromatic heterocycles. The van der Waals surface area contributed by atoms with Gasteiger partial charge in [-0.3, -0.25) is 0 Å². The molecule has 1 N–H and O–H groups in total. The minimum atomic E-state index is -3.80. The van der Waals surface area contributed by atoms with Crippen molar-refractivity contribution in [1.29, 1.82) is 0 Å². The lowest BCUT2D eigenvalue weighted by Gasteiger charge is -2.30. The highest BCUT2D eigenvalue weighted by Gasteiger charge is 2.31. The average Bonchev–Trinajstić information content (AvgIpc) is 2.38. The second kappa shape index (κ2) is 5.28. The van der Waals surface area contributed by atoms with Crippen molar-refractivity contribution in [1.82, 2.24) is 4.31 Å². The fraction of sp³-hybridized carbons (Fsp3) is 0.417. The Morgan fingerprint density at radius 2 is 2.11 bits per heavy atom. The maximum Gasteiger partial charge on any atom is 0.337 e. The number of carboxylic acids is 1. The Bertz CT molecular complexity index is 584. The number of sulfonamides is 1. The molecule has 1 fully saturated rings. The van der Waals surface area contributed by atoms with E-state index in [9.17, 15) is 13.2 Å². The van der Waals surface area contributed by atoms with E-state index in [1.807, 2.05) is 0 Å². The van der Waals surface area contributed by atoms with Crippen LogP contribution in [-0.4, -0.2) is 49.6 Å². The number of nitrogens with zero attached hydrogens (tertiary/aromatic N) is 1.